The highest BCUT2D eigenvalue weighted by Crippen LogP contribution is 2.34. The number of carbonyl (C=O) groups is 3. The molecule has 0 bridgehead atoms. The van der Waals surface area contributed by atoms with Crippen LogP contribution in [-0.2, 0) is 36.9 Å². The van der Waals surface area contributed by atoms with Crippen molar-refractivity contribution in [3.8, 4) is 0 Å². The van der Waals surface area contributed by atoms with Crippen LogP contribution in [0, 0.1) is 5.82 Å². The van der Waals surface area contributed by atoms with Crippen molar-refractivity contribution in [3.63, 3.8) is 0 Å². The zero-order chi connectivity index (χ0) is 26.3. The molecule has 192 valence electrons. The van der Waals surface area contributed by atoms with E-state index in [2.05, 4.69) is 37.2 Å². The molecule has 1 unspecified atom stereocenters. The van der Waals surface area contributed by atoms with Gasteiger partial charge < -0.3 is 18.8 Å². The molecule has 1 aromatic heterocycles. The van der Waals surface area contributed by atoms with Crippen LogP contribution in [-0.4, -0.2) is 47.3 Å². The number of rotatable bonds is 10. The molecule has 0 fully saturated rings. The molecule has 0 spiro atoms. The summed E-state index contributed by atoms with van der Waals surface area (Å²) in [5.74, 6) is -2.55. The lowest BCUT2D eigenvalue weighted by Crippen LogP contribution is -2.47. The average molecular weight is 620 g/mol. The molecule has 35 heavy (non-hydrogen) atoms. The number of hydrogen-bond donors (Lipinski definition) is 1. The molecule has 2 rings (SSSR count). The summed E-state index contributed by atoms with van der Waals surface area (Å²) in [5, 5.41) is 2.88. The Morgan fingerprint density at radius 3 is 2.17 bits per heavy atom. The van der Waals surface area contributed by atoms with Crippen molar-refractivity contribution < 1.29 is 33.0 Å². The molecule has 0 radical (unpaired) electrons. The first kappa shape index (κ1) is 29.0. The number of hydrogen-bond acceptors (Lipinski definition) is 7. The molecule has 8 nitrogen and oxygen atoms in total. The van der Waals surface area contributed by atoms with Gasteiger partial charge in [0.05, 0.1) is 23.2 Å². The van der Waals surface area contributed by atoms with Crippen molar-refractivity contribution in [3.05, 3.63) is 56.0 Å². The van der Waals surface area contributed by atoms with E-state index in [4.69, 9.17) is 14.2 Å². The van der Waals surface area contributed by atoms with Gasteiger partial charge >= 0.3 is 17.9 Å². The standard InChI is InChI=1S/C24H29Br2FN2O6/c1-6-33-21(30)17-16(12-28-19(22(31)34-7-2)23(32)35-24(3,4)5)29(20(26)18(17)25)13-14-8-10-15(27)11-9-14/h8-11,19,28H,6-7,12-13H2,1-5H3. The second kappa shape index (κ2) is 12.6. The quantitative estimate of drug-likeness (QED) is 0.233. The van der Waals surface area contributed by atoms with Crippen LogP contribution in [0.5, 0.6) is 0 Å². The maximum atomic E-state index is 13.4. The molecule has 1 N–H and O–H groups in total. The second-order valence-electron chi connectivity index (χ2n) is 8.46. The Morgan fingerprint density at radius 1 is 1.03 bits per heavy atom. The summed E-state index contributed by atoms with van der Waals surface area (Å²) in [6.07, 6.45) is 0. The van der Waals surface area contributed by atoms with Gasteiger partial charge in [-0.05, 0) is 84.2 Å². The van der Waals surface area contributed by atoms with Crippen molar-refractivity contribution in [2.24, 2.45) is 0 Å². The first-order valence-electron chi connectivity index (χ1n) is 11.0. The van der Waals surface area contributed by atoms with Crippen molar-refractivity contribution in [2.45, 2.75) is 59.4 Å². The van der Waals surface area contributed by atoms with E-state index in [-0.39, 0.29) is 37.7 Å². The van der Waals surface area contributed by atoms with Crippen molar-refractivity contribution in [1.82, 2.24) is 9.88 Å². The van der Waals surface area contributed by atoms with Gasteiger partial charge in [-0.3, -0.25) is 5.32 Å². The maximum Gasteiger partial charge on any atom is 0.341 e. The highest BCUT2D eigenvalue weighted by Gasteiger charge is 2.34. The van der Waals surface area contributed by atoms with Gasteiger partial charge in [-0.2, -0.15) is 0 Å². The first-order valence-corrected chi connectivity index (χ1v) is 12.6. The van der Waals surface area contributed by atoms with Crippen LogP contribution < -0.4 is 5.32 Å². The summed E-state index contributed by atoms with van der Waals surface area (Å²) in [5.41, 5.74) is 0.596. The lowest BCUT2D eigenvalue weighted by Gasteiger charge is -2.24. The van der Waals surface area contributed by atoms with Crippen molar-refractivity contribution >= 4 is 49.8 Å². The van der Waals surface area contributed by atoms with Gasteiger partial charge in [0.25, 0.3) is 0 Å². The van der Waals surface area contributed by atoms with Gasteiger partial charge in [0.1, 0.15) is 16.0 Å². The molecule has 2 aromatic rings. The molecule has 0 aliphatic carbocycles. The van der Waals surface area contributed by atoms with Crippen LogP contribution >= 0.6 is 31.9 Å². The Labute approximate surface area is 220 Å². The highest BCUT2D eigenvalue weighted by molar-refractivity contribution is 9.13. The van der Waals surface area contributed by atoms with E-state index in [1.165, 1.54) is 12.1 Å². The molecule has 0 aliphatic rings. The minimum absolute atomic E-state index is 0.0753. The third kappa shape index (κ3) is 7.88. The van der Waals surface area contributed by atoms with E-state index in [0.717, 1.165) is 5.56 Å². The lowest BCUT2D eigenvalue weighted by molar-refractivity contribution is -0.165. The van der Waals surface area contributed by atoms with E-state index < -0.39 is 29.6 Å². The summed E-state index contributed by atoms with van der Waals surface area (Å²) in [6, 6.07) is 4.50. The molecule has 0 aliphatic heterocycles. The number of ether oxygens (including phenoxy) is 3. The predicted octanol–water partition coefficient (Wildman–Crippen LogP) is 4.74. The van der Waals surface area contributed by atoms with E-state index in [1.807, 2.05) is 0 Å². The zero-order valence-electron chi connectivity index (χ0n) is 20.2. The van der Waals surface area contributed by atoms with Crippen LogP contribution in [0.4, 0.5) is 4.39 Å². The van der Waals surface area contributed by atoms with Crippen LogP contribution in [0.1, 0.15) is 56.2 Å². The average Bonchev–Trinajstić information content (AvgIpc) is 2.99. The topological polar surface area (TPSA) is 95.9 Å². The first-order chi connectivity index (χ1) is 16.4. The maximum absolute atomic E-state index is 13.4. The number of nitrogens with one attached hydrogen (secondary N) is 1. The molecule has 1 atom stereocenters. The number of carbonyl (C=O) groups excluding carboxylic acids is 3. The minimum atomic E-state index is -1.42. The van der Waals surface area contributed by atoms with Crippen molar-refractivity contribution in [2.75, 3.05) is 13.2 Å². The summed E-state index contributed by atoms with van der Waals surface area (Å²) in [7, 11) is 0. The molecule has 1 aromatic carbocycles. The van der Waals surface area contributed by atoms with Crippen LogP contribution in [0.3, 0.4) is 0 Å². The molecule has 11 heteroatoms. The third-order valence-corrected chi connectivity index (χ3v) is 6.75. The molecule has 0 saturated carbocycles. The Morgan fingerprint density at radius 2 is 1.63 bits per heavy atom. The van der Waals surface area contributed by atoms with Gasteiger partial charge in [-0.1, -0.05) is 12.1 Å². The fourth-order valence-corrected chi connectivity index (χ4v) is 4.32. The van der Waals surface area contributed by atoms with Crippen LogP contribution in [0.25, 0.3) is 0 Å². The van der Waals surface area contributed by atoms with Gasteiger partial charge in [-0.15, -0.1) is 0 Å². The largest absolute Gasteiger partial charge is 0.464 e. The molecular weight excluding hydrogens is 591 g/mol. The summed E-state index contributed by atoms with van der Waals surface area (Å²) in [6.45, 7) is 8.80. The van der Waals surface area contributed by atoms with Gasteiger partial charge in [0, 0.05) is 18.8 Å². The Kier molecular flexibility index (Phi) is 10.5. The number of benzene rings is 1. The molecule has 1 heterocycles. The predicted molar refractivity (Wildman–Crippen MR) is 134 cm³/mol. The van der Waals surface area contributed by atoms with E-state index in [0.29, 0.717) is 14.8 Å². The summed E-state index contributed by atoms with van der Waals surface area (Å²) >= 11 is 6.93. The SMILES string of the molecule is CCOC(=O)c1c(Br)c(Br)n(Cc2ccc(F)cc2)c1CNC(C(=O)OCC)C(=O)OC(C)(C)C. The normalized spacial score (nSPS) is 12.2. The highest BCUT2D eigenvalue weighted by atomic mass is 79.9. The molecule has 0 amide bonds. The Balaban J connectivity index is 2.48. The monoisotopic (exact) mass is 618 g/mol. The number of aromatic nitrogens is 1. The van der Waals surface area contributed by atoms with E-state index in [9.17, 15) is 18.8 Å². The fraction of sp³-hybridized carbons (Fsp3) is 0.458. The second-order valence-corrected chi connectivity index (χ2v) is 10.0. The fourth-order valence-electron chi connectivity index (χ4n) is 3.18. The number of nitrogens with zero attached hydrogens (tertiary/aromatic N) is 1. The van der Waals surface area contributed by atoms with Gasteiger partial charge in [0.15, 0.2) is 0 Å². The van der Waals surface area contributed by atoms with E-state index in [1.54, 1.807) is 51.3 Å². The van der Waals surface area contributed by atoms with Gasteiger partial charge in [0.2, 0.25) is 6.04 Å². The smallest absolute Gasteiger partial charge is 0.341 e. The lowest BCUT2D eigenvalue weighted by atomic mass is 10.1. The van der Waals surface area contributed by atoms with Crippen LogP contribution in [0.15, 0.2) is 33.3 Å². The third-order valence-electron chi connectivity index (χ3n) is 4.62. The Bertz CT molecular complexity index is 1060. The van der Waals surface area contributed by atoms with E-state index >= 15 is 0 Å². The summed E-state index contributed by atoms with van der Waals surface area (Å²) in [4.78, 5) is 38.1. The zero-order valence-corrected chi connectivity index (χ0v) is 23.4. The molecule has 0 saturated heterocycles. The number of esters is 3. The molecular formula is C24H29Br2FN2O6. The number of halogens is 3. The van der Waals surface area contributed by atoms with Crippen molar-refractivity contribution in [1.29, 1.82) is 0 Å². The summed E-state index contributed by atoms with van der Waals surface area (Å²) < 4.78 is 31.8. The Hall–Kier alpha value is -2.24. The van der Waals surface area contributed by atoms with Crippen LogP contribution in [0.2, 0.25) is 0 Å². The minimum Gasteiger partial charge on any atom is -0.464 e. The van der Waals surface area contributed by atoms with Gasteiger partial charge in [-0.25, -0.2) is 18.8 Å².